The molecular formula is C18H22N2O2S. The lowest BCUT2D eigenvalue weighted by Crippen LogP contribution is -2.33. The van der Waals surface area contributed by atoms with E-state index in [1.165, 1.54) is 16.9 Å². The molecule has 1 heterocycles. The van der Waals surface area contributed by atoms with Gasteiger partial charge in [-0.15, -0.1) is 11.3 Å². The molecule has 2 amide bonds. The lowest BCUT2D eigenvalue weighted by molar-refractivity contribution is -0.123. The van der Waals surface area contributed by atoms with Gasteiger partial charge in [0.1, 0.15) is 0 Å². The van der Waals surface area contributed by atoms with Gasteiger partial charge in [-0.3, -0.25) is 9.59 Å². The topological polar surface area (TPSA) is 58.2 Å². The van der Waals surface area contributed by atoms with Crippen LogP contribution >= 0.6 is 11.3 Å². The van der Waals surface area contributed by atoms with E-state index in [1.54, 1.807) is 0 Å². The van der Waals surface area contributed by atoms with E-state index in [9.17, 15) is 9.59 Å². The summed E-state index contributed by atoms with van der Waals surface area (Å²) >= 11 is 1.53. The first kappa shape index (κ1) is 17.2. The van der Waals surface area contributed by atoms with Crippen molar-refractivity contribution in [3.8, 4) is 0 Å². The molecule has 5 heteroatoms. The minimum Gasteiger partial charge on any atom is -0.347 e. The molecule has 0 saturated heterocycles. The molecule has 0 unspecified atom stereocenters. The number of hydrogen-bond acceptors (Lipinski definition) is 3. The molecule has 0 atom stereocenters. The van der Waals surface area contributed by atoms with Crippen molar-refractivity contribution in [3.05, 3.63) is 52.2 Å². The first-order valence-corrected chi connectivity index (χ1v) is 8.42. The van der Waals surface area contributed by atoms with Gasteiger partial charge in [-0.05, 0) is 34.6 Å². The summed E-state index contributed by atoms with van der Waals surface area (Å²) in [5.41, 5.74) is 2.02. The molecule has 23 heavy (non-hydrogen) atoms. The van der Waals surface area contributed by atoms with Gasteiger partial charge in [0.25, 0.3) is 0 Å². The third-order valence-corrected chi connectivity index (χ3v) is 4.27. The number of hydrogen-bond donors (Lipinski definition) is 2. The van der Waals surface area contributed by atoms with E-state index >= 15 is 0 Å². The van der Waals surface area contributed by atoms with Crippen LogP contribution in [0.1, 0.15) is 31.2 Å². The zero-order chi connectivity index (χ0) is 16.9. The average Bonchev–Trinajstić information content (AvgIpc) is 2.98. The van der Waals surface area contributed by atoms with Crippen molar-refractivity contribution in [1.82, 2.24) is 5.32 Å². The summed E-state index contributed by atoms with van der Waals surface area (Å²) < 4.78 is 0. The first-order chi connectivity index (χ1) is 10.8. The molecule has 0 bridgehead atoms. The summed E-state index contributed by atoms with van der Waals surface area (Å²) in [7, 11) is 0. The Labute approximate surface area is 140 Å². The smallest absolute Gasteiger partial charge is 0.243 e. The summed E-state index contributed by atoms with van der Waals surface area (Å²) in [6.45, 7) is 6.41. The van der Waals surface area contributed by atoms with E-state index in [0.29, 0.717) is 6.42 Å². The molecule has 0 radical (unpaired) electrons. The summed E-state index contributed by atoms with van der Waals surface area (Å²) in [5.74, 6) is -0.376. The number of amides is 2. The number of carbonyl (C=O) groups is 2. The molecule has 0 aliphatic heterocycles. The predicted octanol–water partition coefficient (Wildman–Crippen LogP) is 3.34. The SMILES string of the molecule is CC(C)(C)c1ccc(NC(=O)CNC(=O)Cc2cccs2)cc1. The third-order valence-electron chi connectivity index (χ3n) is 3.40. The molecule has 0 fully saturated rings. The van der Waals surface area contributed by atoms with Crippen molar-refractivity contribution < 1.29 is 9.59 Å². The van der Waals surface area contributed by atoms with E-state index in [-0.39, 0.29) is 23.8 Å². The zero-order valence-corrected chi connectivity index (χ0v) is 14.5. The number of rotatable bonds is 5. The normalized spacial score (nSPS) is 11.1. The van der Waals surface area contributed by atoms with Crippen molar-refractivity contribution in [2.24, 2.45) is 0 Å². The lowest BCUT2D eigenvalue weighted by atomic mass is 9.87. The van der Waals surface area contributed by atoms with Gasteiger partial charge in [-0.1, -0.05) is 39.0 Å². The summed E-state index contributed by atoms with van der Waals surface area (Å²) in [6, 6.07) is 11.6. The summed E-state index contributed by atoms with van der Waals surface area (Å²) in [4.78, 5) is 24.6. The molecular weight excluding hydrogens is 308 g/mol. The number of nitrogens with one attached hydrogen (secondary N) is 2. The van der Waals surface area contributed by atoms with Crippen molar-refractivity contribution in [1.29, 1.82) is 0 Å². The molecule has 1 aromatic heterocycles. The molecule has 1 aromatic carbocycles. The largest absolute Gasteiger partial charge is 0.347 e. The van der Waals surface area contributed by atoms with Crippen LogP contribution in [0.3, 0.4) is 0 Å². The highest BCUT2D eigenvalue weighted by Crippen LogP contribution is 2.23. The second-order valence-corrected chi connectivity index (χ2v) is 7.44. The Morgan fingerprint density at radius 3 is 2.30 bits per heavy atom. The van der Waals surface area contributed by atoms with E-state index in [2.05, 4.69) is 31.4 Å². The van der Waals surface area contributed by atoms with E-state index in [4.69, 9.17) is 0 Å². The van der Waals surface area contributed by atoms with E-state index < -0.39 is 0 Å². The fourth-order valence-electron chi connectivity index (χ4n) is 2.07. The van der Waals surface area contributed by atoms with Crippen LogP contribution in [-0.2, 0) is 21.4 Å². The van der Waals surface area contributed by atoms with Gasteiger partial charge in [0.2, 0.25) is 11.8 Å². The van der Waals surface area contributed by atoms with Crippen molar-refractivity contribution in [2.45, 2.75) is 32.6 Å². The quantitative estimate of drug-likeness (QED) is 0.883. The highest BCUT2D eigenvalue weighted by Gasteiger charge is 2.13. The summed E-state index contributed by atoms with van der Waals surface area (Å²) in [6.07, 6.45) is 0.311. The molecule has 4 nitrogen and oxygen atoms in total. The Bertz CT molecular complexity index is 655. The monoisotopic (exact) mass is 330 g/mol. The number of anilines is 1. The van der Waals surface area contributed by atoms with Crippen LogP contribution in [0.4, 0.5) is 5.69 Å². The van der Waals surface area contributed by atoms with Gasteiger partial charge in [0.05, 0.1) is 13.0 Å². The minimum absolute atomic E-state index is 0.0226. The summed E-state index contributed by atoms with van der Waals surface area (Å²) in [5, 5.41) is 7.34. The minimum atomic E-state index is -0.229. The molecule has 2 aromatic rings. The van der Waals surface area contributed by atoms with E-state index in [1.807, 2.05) is 41.8 Å². The third kappa shape index (κ3) is 5.53. The predicted molar refractivity (Wildman–Crippen MR) is 94.8 cm³/mol. The molecule has 0 aliphatic rings. The maximum absolute atomic E-state index is 11.9. The number of benzene rings is 1. The van der Waals surface area contributed by atoms with Gasteiger partial charge in [0.15, 0.2) is 0 Å². The molecule has 0 aliphatic carbocycles. The molecule has 0 saturated carbocycles. The van der Waals surface area contributed by atoms with Crippen LogP contribution in [0.2, 0.25) is 0 Å². The highest BCUT2D eigenvalue weighted by molar-refractivity contribution is 7.10. The zero-order valence-electron chi connectivity index (χ0n) is 13.7. The second-order valence-electron chi connectivity index (χ2n) is 6.41. The Morgan fingerprint density at radius 2 is 1.74 bits per heavy atom. The van der Waals surface area contributed by atoms with Crippen LogP contribution < -0.4 is 10.6 Å². The van der Waals surface area contributed by atoms with Gasteiger partial charge in [-0.25, -0.2) is 0 Å². The Balaban J connectivity index is 1.79. The standard InChI is InChI=1S/C18H22N2O2S/c1-18(2,3)13-6-8-14(9-7-13)20-17(22)12-19-16(21)11-15-5-4-10-23-15/h4-10H,11-12H2,1-3H3,(H,19,21)(H,20,22). The maximum Gasteiger partial charge on any atom is 0.243 e. The average molecular weight is 330 g/mol. The lowest BCUT2D eigenvalue weighted by Gasteiger charge is -2.19. The molecule has 2 rings (SSSR count). The Hall–Kier alpha value is -2.14. The van der Waals surface area contributed by atoms with Crippen LogP contribution in [0.15, 0.2) is 41.8 Å². The fraction of sp³-hybridized carbons (Fsp3) is 0.333. The number of carbonyl (C=O) groups excluding carboxylic acids is 2. The van der Waals surface area contributed by atoms with Crippen LogP contribution in [0, 0.1) is 0 Å². The maximum atomic E-state index is 11.9. The van der Waals surface area contributed by atoms with Gasteiger partial charge in [-0.2, -0.15) is 0 Å². The molecule has 122 valence electrons. The number of thiophene rings is 1. The van der Waals surface area contributed by atoms with Crippen LogP contribution in [-0.4, -0.2) is 18.4 Å². The van der Waals surface area contributed by atoms with Crippen LogP contribution in [0.25, 0.3) is 0 Å². The van der Waals surface area contributed by atoms with Crippen LogP contribution in [0.5, 0.6) is 0 Å². The van der Waals surface area contributed by atoms with Crippen molar-refractivity contribution in [2.75, 3.05) is 11.9 Å². The molecule has 0 spiro atoms. The van der Waals surface area contributed by atoms with Crippen molar-refractivity contribution in [3.63, 3.8) is 0 Å². The van der Waals surface area contributed by atoms with E-state index in [0.717, 1.165) is 10.6 Å². The highest BCUT2D eigenvalue weighted by atomic mass is 32.1. The van der Waals surface area contributed by atoms with Gasteiger partial charge < -0.3 is 10.6 Å². The second kappa shape index (κ2) is 7.42. The Kier molecular flexibility index (Phi) is 5.55. The first-order valence-electron chi connectivity index (χ1n) is 7.54. The molecule has 2 N–H and O–H groups in total. The Morgan fingerprint density at radius 1 is 1.04 bits per heavy atom. The van der Waals surface area contributed by atoms with Crippen molar-refractivity contribution >= 4 is 28.8 Å². The fourth-order valence-corrected chi connectivity index (χ4v) is 2.78. The van der Waals surface area contributed by atoms with Gasteiger partial charge >= 0.3 is 0 Å². The van der Waals surface area contributed by atoms with Gasteiger partial charge in [0, 0.05) is 10.6 Å².